The molecule has 7 heteroatoms. The molecule has 0 spiro atoms. The fraction of sp³-hybridized carbons (Fsp3) is 0.750. The summed E-state index contributed by atoms with van der Waals surface area (Å²) in [4.78, 5) is 36.4. The number of aliphatic carboxylic acids is 1. The van der Waals surface area contributed by atoms with Gasteiger partial charge in [0.2, 0.25) is 11.8 Å². The van der Waals surface area contributed by atoms with Crippen molar-refractivity contribution in [3.05, 3.63) is 0 Å². The first-order chi connectivity index (χ1) is 8.85. The lowest BCUT2D eigenvalue weighted by Gasteiger charge is -2.39. The summed E-state index contributed by atoms with van der Waals surface area (Å²) in [6.07, 6.45) is 0.155. The summed E-state index contributed by atoms with van der Waals surface area (Å²) in [6.45, 7) is 4.41. The van der Waals surface area contributed by atoms with Crippen molar-refractivity contribution in [3.8, 4) is 0 Å². The average Bonchev–Trinajstić information content (AvgIpc) is 2.39. The summed E-state index contributed by atoms with van der Waals surface area (Å²) in [5.41, 5.74) is 4.89. The van der Waals surface area contributed by atoms with E-state index in [1.165, 1.54) is 4.90 Å². The molecule has 1 rings (SSSR count). The van der Waals surface area contributed by atoms with E-state index in [1.54, 1.807) is 6.92 Å². The standard InChI is InChI=1S/C12H21N3O4/c1-3-12(2,7-13)11(19)15-5-4-14-10(18)8(15)6-9(16)17/h8H,3-7,13H2,1-2H3,(H,14,18)(H,16,17). The van der Waals surface area contributed by atoms with Gasteiger partial charge in [0.15, 0.2) is 0 Å². The van der Waals surface area contributed by atoms with Crippen molar-refractivity contribution in [2.75, 3.05) is 19.6 Å². The zero-order chi connectivity index (χ0) is 14.6. The molecule has 0 bridgehead atoms. The van der Waals surface area contributed by atoms with E-state index in [1.807, 2.05) is 6.92 Å². The lowest BCUT2D eigenvalue weighted by atomic mass is 9.85. The Labute approximate surface area is 112 Å². The lowest BCUT2D eigenvalue weighted by Crippen LogP contribution is -2.61. The topological polar surface area (TPSA) is 113 Å². The van der Waals surface area contributed by atoms with Gasteiger partial charge in [-0.25, -0.2) is 0 Å². The van der Waals surface area contributed by atoms with Crippen molar-refractivity contribution in [3.63, 3.8) is 0 Å². The van der Waals surface area contributed by atoms with Crippen LogP contribution in [0, 0.1) is 5.41 Å². The van der Waals surface area contributed by atoms with Crippen LogP contribution in [0.3, 0.4) is 0 Å². The van der Waals surface area contributed by atoms with Crippen molar-refractivity contribution in [1.29, 1.82) is 0 Å². The Morgan fingerprint density at radius 2 is 2.21 bits per heavy atom. The molecule has 0 radical (unpaired) electrons. The highest BCUT2D eigenvalue weighted by molar-refractivity contribution is 5.93. The number of nitrogens with one attached hydrogen (secondary N) is 1. The van der Waals surface area contributed by atoms with E-state index in [0.29, 0.717) is 19.5 Å². The number of rotatable bonds is 5. The fourth-order valence-electron chi connectivity index (χ4n) is 2.06. The van der Waals surface area contributed by atoms with E-state index in [2.05, 4.69) is 5.32 Å². The summed E-state index contributed by atoms with van der Waals surface area (Å²) in [5.74, 6) is -1.78. The first-order valence-corrected chi connectivity index (χ1v) is 6.36. The van der Waals surface area contributed by atoms with Gasteiger partial charge in [0.05, 0.1) is 11.8 Å². The van der Waals surface area contributed by atoms with E-state index in [4.69, 9.17) is 10.8 Å². The van der Waals surface area contributed by atoms with E-state index in [9.17, 15) is 14.4 Å². The van der Waals surface area contributed by atoms with Crippen molar-refractivity contribution in [2.45, 2.75) is 32.7 Å². The largest absolute Gasteiger partial charge is 0.481 e. The zero-order valence-electron chi connectivity index (χ0n) is 11.3. The molecule has 0 aromatic carbocycles. The normalized spacial score (nSPS) is 22.6. The first kappa shape index (κ1) is 15.4. The number of carbonyl (C=O) groups excluding carboxylic acids is 2. The Hall–Kier alpha value is -1.63. The zero-order valence-corrected chi connectivity index (χ0v) is 11.3. The number of carboxylic acids is 1. The summed E-state index contributed by atoms with van der Waals surface area (Å²) < 4.78 is 0. The molecule has 0 saturated carbocycles. The number of nitrogens with zero attached hydrogens (tertiary/aromatic N) is 1. The number of hydrogen-bond acceptors (Lipinski definition) is 4. The van der Waals surface area contributed by atoms with Crippen LogP contribution in [0.4, 0.5) is 0 Å². The molecule has 4 N–H and O–H groups in total. The summed E-state index contributed by atoms with van der Waals surface area (Å²) in [7, 11) is 0. The van der Waals surface area contributed by atoms with Gasteiger partial charge in [-0.1, -0.05) is 6.92 Å². The number of amides is 2. The molecule has 1 saturated heterocycles. The van der Waals surface area contributed by atoms with Gasteiger partial charge in [-0.15, -0.1) is 0 Å². The molecule has 1 heterocycles. The maximum absolute atomic E-state index is 12.5. The van der Waals surface area contributed by atoms with Gasteiger partial charge in [-0.2, -0.15) is 0 Å². The highest BCUT2D eigenvalue weighted by atomic mass is 16.4. The summed E-state index contributed by atoms with van der Waals surface area (Å²) in [5, 5.41) is 11.4. The molecule has 0 aromatic heterocycles. The lowest BCUT2D eigenvalue weighted by molar-refractivity contribution is -0.153. The Morgan fingerprint density at radius 1 is 1.58 bits per heavy atom. The SMILES string of the molecule is CCC(C)(CN)C(=O)N1CCNC(=O)C1CC(=O)O. The van der Waals surface area contributed by atoms with Gasteiger partial charge >= 0.3 is 5.97 Å². The Kier molecular flexibility index (Phi) is 4.88. The van der Waals surface area contributed by atoms with Crippen LogP contribution in [0.15, 0.2) is 0 Å². The van der Waals surface area contributed by atoms with Crippen molar-refractivity contribution in [2.24, 2.45) is 11.1 Å². The number of piperazine rings is 1. The molecule has 1 aliphatic rings. The number of carbonyl (C=O) groups is 3. The molecule has 108 valence electrons. The third-order valence-corrected chi connectivity index (χ3v) is 3.71. The number of hydrogen-bond donors (Lipinski definition) is 3. The highest BCUT2D eigenvalue weighted by Gasteiger charge is 2.41. The summed E-state index contributed by atoms with van der Waals surface area (Å²) in [6, 6.07) is -0.948. The highest BCUT2D eigenvalue weighted by Crippen LogP contribution is 2.25. The first-order valence-electron chi connectivity index (χ1n) is 6.36. The molecule has 2 amide bonds. The van der Waals surface area contributed by atoms with Crippen LogP contribution < -0.4 is 11.1 Å². The smallest absolute Gasteiger partial charge is 0.305 e. The van der Waals surface area contributed by atoms with Gasteiger partial charge in [-0.05, 0) is 13.3 Å². The minimum atomic E-state index is -1.11. The van der Waals surface area contributed by atoms with Crippen molar-refractivity contribution < 1.29 is 19.5 Å². The van der Waals surface area contributed by atoms with E-state index in [0.717, 1.165) is 0 Å². The molecule has 0 aliphatic carbocycles. The second-order valence-corrected chi connectivity index (χ2v) is 5.02. The van der Waals surface area contributed by atoms with Crippen molar-refractivity contribution >= 4 is 17.8 Å². The molecule has 19 heavy (non-hydrogen) atoms. The second-order valence-electron chi connectivity index (χ2n) is 5.02. The van der Waals surface area contributed by atoms with Gasteiger partial charge in [-0.3, -0.25) is 14.4 Å². The molecule has 7 nitrogen and oxygen atoms in total. The third kappa shape index (κ3) is 3.23. The van der Waals surface area contributed by atoms with Crippen LogP contribution >= 0.6 is 0 Å². The van der Waals surface area contributed by atoms with Gasteiger partial charge in [0.25, 0.3) is 0 Å². The molecule has 0 aromatic rings. The molecular weight excluding hydrogens is 250 g/mol. The predicted octanol–water partition coefficient (Wildman–Crippen LogP) is -0.837. The fourth-order valence-corrected chi connectivity index (χ4v) is 2.06. The Bertz CT molecular complexity index is 379. The van der Waals surface area contributed by atoms with Crippen LogP contribution in [-0.2, 0) is 14.4 Å². The minimum Gasteiger partial charge on any atom is -0.481 e. The van der Waals surface area contributed by atoms with Crippen LogP contribution in [-0.4, -0.2) is 53.5 Å². The van der Waals surface area contributed by atoms with Gasteiger partial charge < -0.3 is 21.1 Å². The van der Waals surface area contributed by atoms with Gasteiger partial charge in [0, 0.05) is 19.6 Å². The Morgan fingerprint density at radius 3 is 2.68 bits per heavy atom. The quantitative estimate of drug-likeness (QED) is 0.603. The molecule has 1 aliphatic heterocycles. The monoisotopic (exact) mass is 271 g/mol. The van der Waals surface area contributed by atoms with E-state index >= 15 is 0 Å². The van der Waals surface area contributed by atoms with Crippen LogP contribution in [0.2, 0.25) is 0 Å². The Balaban J connectivity index is 2.96. The van der Waals surface area contributed by atoms with Crippen molar-refractivity contribution in [1.82, 2.24) is 10.2 Å². The summed E-state index contributed by atoms with van der Waals surface area (Å²) >= 11 is 0. The maximum Gasteiger partial charge on any atom is 0.305 e. The molecular formula is C12H21N3O4. The van der Waals surface area contributed by atoms with E-state index < -0.39 is 23.3 Å². The number of nitrogens with two attached hydrogens (primary N) is 1. The van der Waals surface area contributed by atoms with Crippen LogP contribution in [0.1, 0.15) is 26.7 Å². The predicted molar refractivity (Wildman–Crippen MR) is 68.2 cm³/mol. The van der Waals surface area contributed by atoms with Gasteiger partial charge in [0.1, 0.15) is 6.04 Å². The average molecular weight is 271 g/mol. The van der Waals surface area contributed by atoms with Crippen LogP contribution in [0.25, 0.3) is 0 Å². The third-order valence-electron chi connectivity index (χ3n) is 3.71. The number of carboxylic acid groups (broad SMARTS) is 1. The maximum atomic E-state index is 12.5. The minimum absolute atomic E-state index is 0.167. The van der Waals surface area contributed by atoms with E-state index in [-0.39, 0.29) is 18.9 Å². The second kappa shape index (κ2) is 6.01. The molecule has 2 unspecified atom stereocenters. The molecule has 2 atom stereocenters. The van der Waals surface area contributed by atoms with Crippen LogP contribution in [0.5, 0.6) is 0 Å². The molecule has 1 fully saturated rings.